The second-order valence-electron chi connectivity index (χ2n) is 5.73. The zero-order chi connectivity index (χ0) is 21.6. The van der Waals surface area contributed by atoms with Gasteiger partial charge >= 0.3 is 6.18 Å². The van der Waals surface area contributed by atoms with Crippen molar-refractivity contribution in [3.63, 3.8) is 0 Å². The van der Waals surface area contributed by atoms with Crippen molar-refractivity contribution in [2.75, 3.05) is 18.5 Å². The van der Waals surface area contributed by atoms with Crippen LogP contribution in [0.3, 0.4) is 0 Å². The molecule has 2 rings (SSSR count). The Labute approximate surface area is 168 Å². The first kappa shape index (κ1) is 22.3. The highest BCUT2D eigenvalue weighted by molar-refractivity contribution is 6.31. The molecular weight excluding hydrogens is 415 g/mol. The van der Waals surface area contributed by atoms with Gasteiger partial charge in [-0.1, -0.05) is 18.5 Å². The van der Waals surface area contributed by atoms with Crippen molar-refractivity contribution >= 4 is 29.4 Å². The number of hydrogen-bond acceptors (Lipinski definition) is 6. The highest BCUT2D eigenvalue weighted by Crippen LogP contribution is 2.32. The highest BCUT2D eigenvalue weighted by Gasteiger charge is 2.31. The number of pyridine rings is 1. The summed E-state index contributed by atoms with van der Waals surface area (Å²) >= 11 is 5.73. The molecule has 156 valence electrons. The molecule has 0 aliphatic carbocycles. The van der Waals surface area contributed by atoms with E-state index in [2.05, 4.69) is 25.6 Å². The van der Waals surface area contributed by atoms with E-state index >= 15 is 0 Å². The van der Waals surface area contributed by atoms with Gasteiger partial charge in [0, 0.05) is 18.3 Å². The van der Waals surface area contributed by atoms with Crippen molar-refractivity contribution in [1.29, 1.82) is 0 Å². The van der Waals surface area contributed by atoms with Gasteiger partial charge in [-0.15, -0.1) is 0 Å². The number of halogens is 4. The quantitative estimate of drug-likeness (QED) is 0.653. The number of nitrogens with zero attached hydrogens (tertiary/aromatic N) is 3. The van der Waals surface area contributed by atoms with Gasteiger partial charge in [0.25, 0.3) is 5.91 Å². The van der Waals surface area contributed by atoms with Crippen molar-refractivity contribution in [2.24, 2.45) is 0 Å². The monoisotopic (exact) mass is 431 g/mol. The van der Waals surface area contributed by atoms with E-state index in [1.807, 2.05) is 0 Å². The smallest absolute Gasteiger partial charge is 0.417 e. The van der Waals surface area contributed by atoms with Gasteiger partial charge < -0.3 is 10.1 Å². The molecule has 12 heteroatoms. The standard InChI is InChI=1S/C17H17ClF3N5O3/c1-3-13(27)26-16-24-9(2)6-12(25-16)14(28)22-4-5-29-15-11(18)7-10(8-23-15)17(19,20)21/h6-8H,3-5H2,1-2H3,(H,22,28)(H,24,25,26,27). The van der Waals surface area contributed by atoms with Gasteiger partial charge in [-0.3, -0.25) is 14.9 Å². The first-order valence-corrected chi connectivity index (χ1v) is 8.77. The predicted molar refractivity (Wildman–Crippen MR) is 97.8 cm³/mol. The summed E-state index contributed by atoms with van der Waals surface area (Å²) < 4.78 is 42.9. The normalized spacial score (nSPS) is 11.1. The largest absolute Gasteiger partial charge is 0.475 e. The zero-order valence-electron chi connectivity index (χ0n) is 15.4. The Bertz CT molecular complexity index is 908. The van der Waals surface area contributed by atoms with Crippen LogP contribution >= 0.6 is 11.6 Å². The van der Waals surface area contributed by atoms with Crippen LogP contribution in [0, 0.1) is 6.92 Å². The number of ether oxygens (including phenoxy) is 1. The number of alkyl halides is 3. The maximum atomic E-state index is 12.6. The summed E-state index contributed by atoms with van der Waals surface area (Å²) in [6.07, 6.45) is -3.72. The van der Waals surface area contributed by atoms with Crippen LogP contribution in [-0.4, -0.2) is 39.9 Å². The summed E-state index contributed by atoms with van der Waals surface area (Å²) in [5, 5.41) is 4.70. The number of hydrogen-bond donors (Lipinski definition) is 2. The molecule has 0 aliphatic rings. The van der Waals surface area contributed by atoms with Crippen molar-refractivity contribution in [3.05, 3.63) is 40.3 Å². The van der Waals surface area contributed by atoms with Crippen LogP contribution < -0.4 is 15.4 Å². The number of aryl methyl sites for hydroxylation is 1. The number of rotatable bonds is 7. The molecule has 0 spiro atoms. The molecule has 0 saturated heterocycles. The maximum absolute atomic E-state index is 12.6. The molecule has 0 atom stereocenters. The third-order valence-electron chi connectivity index (χ3n) is 3.42. The van der Waals surface area contributed by atoms with E-state index in [0.717, 1.165) is 0 Å². The summed E-state index contributed by atoms with van der Waals surface area (Å²) in [4.78, 5) is 35.2. The van der Waals surface area contributed by atoms with Crippen LogP contribution in [0.4, 0.5) is 19.1 Å². The van der Waals surface area contributed by atoms with E-state index in [9.17, 15) is 22.8 Å². The van der Waals surface area contributed by atoms with Crippen LogP contribution in [0.15, 0.2) is 18.3 Å². The van der Waals surface area contributed by atoms with E-state index in [1.54, 1.807) is 13.8 Å². The van der Waals surface area contributed by atoms with Gasteiger partial charge in [-0.2, -0.15) is 13.2 Å². The third-order valence-corrected chi connectivity index (χ3v) is 3.69. The van der Waals surface area contributed by atoms with Crippen molar-refractivity contribution in [2.45, 2.75) is 26.4 Å². The number of aromatic nitrogens is 3. The number of nitrogens with one attached hydrogen (secondary N) is 2. The van der Waals surface area contributed by atoms with Gasteiger partial charge in [0.2, 0.25) is 17.7 Å². The molecule has 0 fully saturated rings. The molecule has 0 radical (unpaired) electrons. The molecule has 2 heterocycles. The predicted octanol–water partition coefficient (Wildman–Crippen LogP) is 3.01. The van der Waals surface area contributed by atoms with Crippen molar-refractivity contribution in [1.82, 2.24) is 20.3 Å². The summed E-state index contributed by atoms with van der Waals surface area (Å²) in [6.45, 7) is 3.23. The average molecular weight is 432 g/mol. The SMILES string of the molecule is CCC(=O)Nc1nc(C)cc(C(=O)NCCOc2ncc(C(F)(F)F)cc2Cl)n1. The number of anilines is 1. The third kappa shape index (κ3) is 6.56. The van der Waals surface area contributed by atoms with Crippen LogP contribution in [0.5, 0.6) is 5.88 Å². The van der Waals surface area contributed by atoms with E-state index in [1.165, 1.54) is 6.07 Å². The number of carbonyl (C=O) groups is 2. The first-order chi connectivity index (χ1) is 13.6. The number of amides is 2. The van der Waals surface area contributed by atoms with Gasteiger partial charge in [-0.25, -0.2) is 15.0 Å². The maximum Gasteiger partial charge on any atom is 0.417 e. The van der Waals surface area contributed by atoms with Gasteiger partial charge in [0.05, 0.1) is 12.1 Å². The fourth-order valence-corrected chi connectivity index (χ4v) is 2.26. The molecule has 2 N–H and O–H groups in total. The molecule has 2 aromatic rings. The lowest BCUT2D eigenvalue weighted by molar-refractivity contribution is -0.137. The average Bonchev–Trinajstić information content (AvgIpc) is 2.64. The summed E-state index contributed by atoms with van der Waals surface area (Å²) in [5.74, 6) is -1.01. The highest BCUT2D eigenvalue weighted by atomic mass is 35.5. The molecule has 2 aromatic heterocycles. The molecule has 0 aliphatic heterocycles. The molecule has 0 aromatic carbocycles. The molecule has 29 heavy (non-hydrogen) atoms. The van der Waals surface area contributed by atoms with Crippen LogP contribution in [-0.2, 0) is 11.0 Å². The second-order valence-corrected chi connectivity index (χ2v) is 6.14. The Kier molecular flexibility index (Phi) is 7.32. The molecule has 0 unspecified atom stereocenters. The lowest BCUT2D eigenvalue weighted by Crippen LogP contribution is -2.29. The lowest BCUT2D eigenvalue weighted by atomic mass is 10.3. The minimum atomic E-state index is -4.56. The number of carbonyl (C=O) groups excluding carboxylic acids is 2. The van der Waals surface area contributed by atoms with Crippen molar-refractivity contribution in [3.8, 4) is 5.88 Å². The van der Waals surface area contributed by atoms with Gasteiger partial charge in [0.15, 0.2) is 0 Å². The molecule has 0 saturated carbocycles. The second kappa shape index (κ2) is 9.50. The van der Waals surface area contributed by atoms with Gasteiger partial charge in [-0.05, 0) is 19.1 Å². The van der Waals surface area contributed by atoms with Crippen LogP contribution in [0.1, 0.15) is 35.1 Å². The minimum Gasteiger partial charge on any atom is -0.475 e. The first-order valence-electron chi connectivity index (χ1n) is 8.39. The minimum absolute atomic E-state index is 0.0115. The van der Waals surface area contributed by atoms with Crippen molar-refractivity contribution < 1.29 is 27.5 Å². The van der Waals surface area contributed by atoms with Crippen LogP contribution in [0.2, 0.25) is 5.02 Å². The zero-order valence-corrected chi connectivity index (χ0v) is 16.2. The fraction of sp³-hybridized carbons (Fsp3) is 0.353. The van der Waals surface area contributed by atoms with Crippen LogP contribution in [0.25, 0.3) is 0 Å². The topological polar surface area (TPSA) is 106 Å². The Morgan fingerprint density at radius 3 is 2.59 bits per heavy atom. The lowest BCUT2D eigenvalue weighted by Gasteiger charge is -2.11. The Morgan fingerprint density at radius 1 is 1.24 bits per heavy atom. The summed E-state index contributed by atoms with van der Waals surface area (Å²) in [6, 6.07) is 2.14. The van der Waals surface area contributed by atoms with E-state index < -0.39 is 17.6 Å². The van der Waals surface area contributed by atoms with Gasteiger partial charge in [0.1, 0.15) is 17.3 Å². The summed E-state index contributed by atoms with van der Waals surface area (Å²) in [7, 11) is 0. The Hall–Kier alpha value is -2.95. The molecule has 2 amide bonds. The summed E-state index contributed by atoms with van der Waals surface area (Å²) in [5.41, 5.74) is -0.476. The van der Waals surface area contributed by atoms with E-state index in [-0.39, 0.29) is 48.0 Å². The molecule has 0 bridgehead atoms. The Morgan fingerprint density at radius 2 is 1.97 bits per heavy atom. The Balaban J connectivity index is 1.91. The van der Waals surface area contributed by atoms with E-state index in [0.29, 0.717) is 18.0 Å². The fourth-order valence-electron chi connectivity index (χ4n) is 2.04. The molecule has 8 nitrogen and oxygen atoms in total. The molecular formula is C17H17ClF3N5O3. The van der Waals surface area contributed by atoms with E-state index in [4.69, 9.17) is 16.3 Å².